The normalized spacial score (nSPS) is 17.0. The maximum absolute atomic E-state index is 11.5. The number of nitriles is 2. The van der Waals surface area contributed by atoms with Crippen molar-refractivity contribution in [3.8, 4) is 12.1 Å². The minimum absolute atomic E-state index is 0.135. The van der Waals surface area contributed by atoms with E-state index in [0.29, 0.717) is 53.1 Å². The van der Waals surface area contributed by atoms with Gasteiger partial charge in [0.2, 0.25) is 5.95 Å². The summed E-state index contributed by atoms with van der Waals surface area (Å²) in [5, 5.41) is 39.3. The number of methoxy groups -OCH3 is 1. The molecule has 3 heterocycles. The Morgan fingerprint density at radius 1 is 1.36 bits per heavy atom. The van der Waals surface area contributed by atoms with Gasteiger partial charge in [-0.1, -0.05) is 11.6 Å². The molecule has 0 spiro atoms. The molecule has 0 radical (unpaired) electrons. The summed E-state index contributed by atoms with van der Waals surface area (Å²) in [5.41, 5.74) is 1.86. The molecule has 1 aliphatic rings. The fourth-order valence-electron chi connectivity index (χ4n) is 4.11. The third-order valence-electron chi connectivity index (χ3n) is 5.93. The maximum Gasteiger partial charge on any atom is 0.407 e. The third kappa shape index (κ3) is 4.49. The summed E-state index contributed by atoms with van der Waals surface area (Å²) in [6.07, 6.45) is -0.0491. The number of likely N-dealkylation sites (N-methyl/N-ethyl adjacent to an activating group) is 1. The number of aromatic nitrogens is 4. The highest BCUT2D eigenvalue weighted by atomic mass is 35.5. The molecule has 14 heteroatoms. The SMILES string of the molecule is CCNc1nc(Nc2cc(C#N)cc(N3C[C@@H](OC)[C@@H](N(C)C(=O)O)C3)c2Cl)nn2c(C#N)cnc12. The van der Waals surface area contributed by atoms with Gasteiger partial charge in [0.15, 0.2) is 17.2 Å². The number of halogens is 1. The van der Waals surface area contributed by atoms with Gasteiger partial charge < -0.3 is 30.3 Å². The Hall–Kier alpha value is -4.33. The Kier molecular flexibility index (Phi) is 6.96. The van der Waals surface area contributed by atoms with Crippen LogP contribution < -0.4 is 15.5 Å². The molecule has 186 valence electrons. The molecule has 3 aromatic rings. The number of amides is 1. The first-order chi connectivity index (χ1) is 17.3. The second kappa shape index (κ2) is 10.1. The molecule has 1 amide bonds. The van der Waals surface area contributed by atoms with E-state index in [1.165, 1.54) is 29.8 Å². The molecule has 1 fully saturated rings. The van der Waals surface area contributed by atoms with Crippen molar-refractivity contribution in [2.75, 3.05) is 49.3 Å². The Morgan fingerprint density at radius 3 is 2.78 bits per heavy atom. The van der Waals surface area contributed by atoms with Crippen LogP contribution in [0.1, 0.15) is 18.2 Å². The van der Waals surface area contributed by atoms with Gasteiger partial charge in [0.25, 0.3) is 0 Å². The summed E-state index contributed by atoms with van der Waals surface area (Å²) in [5.74, 6) is 0.557. The molecule has 0 aliphatic carbocycles. The average Bonchev–Trinajstić information content (AvgIpc) is 3.49. The van der Waals surface area contributed by atoms with Crippen molar-refractivity contribution in [2.45, 2.75) is 19.1 Å². The molecule has 0 bridgehead atoms. The minimum Gasteiger partial charge on any atom is -0.465 e. The molecular formula is C22H23ClN10O3. The highest BCUT2D eigenvalue weighted by molar-refractivity contribution is 6.36. The quantitative estimate of drug-likeness (QED) is 0.427. The lowest BCUT2D eigenvalue weighted by Gasteiger charge is -2.25. The van der Waals surface area contributed by atoms with Crippen LogP contribution in [0.15, 0.2) is 18.3 Å². The van der Waals surface area contributed by atoms with Crippen LogP contribution in [0.4, 0.5) is 27.9 Å². The van der Waals surface area contributed by atoms with Crippen LogP contribution in [0.3, 0.4) is 0 Å². The Labute approximate surface area is 211 Å². The minimum atomic E-state index is -1.07. The second-order valence-corrected chi connectivity index (χ2v) is 8.42. The van der Waals surface area contributed by atoms with Crippen LogP contribution in [0.5, 0.6) is 0 Å². The Bertz CT molecular complexity index is 1400. The van der Waals surface area contributed by atoms with E-state index in [2.05, 4.69) is 31.8 Å². The molecule has 4 rings (SSSR count). The molecule has 1 aromatic carbocycles. The number of carboxylic acid groups (broad SMARTS) is 1. The average molecular weight is 511 g/mol. The van der Waals surface area contributed by atoms with E-state index in [4.69, 9.17) is 16.3 Å². The van der Waals surface area contributed by atoms with Gasteiger partial charge in [-0.25, -0.2) is 9.78 Å². The number of benzene rings is 1. The summed E-state index contributed by atoms with van der Waals surface area (Å²) >= 11 is 6.78. The second-order valence-electron chi connectivity index (χ2n) is 8.04. The zero-order chi connectivity index (χ0) is 26.0. The third-order valence-corrected chi connectivity index (χ3v) is 6.33. The van der Waals surface area contributed by atoms with Crippen LogP contribution in [0, 0.1) is 22.7 Å². The highest BCUT2D eigenvalue weighted by Crippen LogP contribution is 2.38. The van der Waals surface area contributed by atoms with Crippen LogP contribution in [-0.4, -0.2) is 81.6 Å². The van der Waals surface area contributed by atoms with Crippen LogP contribution in [0.2, 0.25) is 5.02 Å². The Balaban J connectivity index is 1.73. The van der Waals surface area contributed by atoms with Crippen LogP contribution in [0.25, 0.3) is 5.65 Å². The molecular weight excluding hydrogens is 488 g/mol. The van der Waals surface area contributed by atoms with E-state index >= 15 is 0 Å². The summed E-state index contributed by atoms with van der Waals surface area (Å²) in [7, 11) is 3.02. The van der Waals surface area contributed by atoms with Crippen molar-refractivity contribution in [3.05, 3.63) is 34.6 Å². The predicted molar refractivity (Wildman–Crippen MR) is 132 cm³/mol. The van der Waals surface area contributed by atoms with Crippen molar-refractivity contribution in [1.29, 1.82) is 10.5 Å². The molecule has 36 heavy (non-hydrogen) atoms. The number of fused-ring (bicyclic) bond motifs is 1. The number of rotatable bonds is 7. The molecule has 2 atom stereocenters. The number of nitrogens with one attached hydrogen (secondary N) is 2. The highest BCUT2D eigenvalue weighted by Gasteiger charge is 2.38. The summed E-state index contributed by atoms with van der Waals surface area (Å²) in [6, 6.07) is 6.94. The number of hydrogen-bond acceptors (Lipinski definition) is 10. The first-order valence-electron chi connectivity index (χ1n) is 10.9. The van der Waals surface area contributed by atoms with Gasteiger partial charge in [-0.15, -0.1) is 5.10 Å². The van der Waals surface area contributed by atoms with Gasteiger partial charge in [0, 0.05) is 33.8 Å². The zero-order valence-electron chi connectivity index (χ0n) is 19.7. The van der Waals surface area contributed by atoms with E-state index in [1.54, 1.807) is 12.1 Å². The molecule has 0 unspecified atom stereocenters. The maximum atomic E-state index is 11.5. The Morgan fingerprint density at radius 2 is 2.14 bits per heavy atom. The van der Waals surface area contributed by atoms with Gasteiger partial charge >= 0.3 is 6.09 Å². The van der Waals surface area contributed by atoms with E-state index in [1.807, 2.05) is 17.9 Å². The largest absolute Gasteiger partial charge is 0.465 e. The lowest BCUT2D eigenvalue weighted by atomic mass is 10.1. The summed E-state index contributed by atoms with van der Waals surface area (Å²) in [6.45, 7) is 3.17. The number of hydrogen-bond donors (Lipinski definition) is 3. The lowest BCUT2D eigenvalue weighted by Crippen LogP contribution is -2.44. The van der Waals surface area contributed by atoms with E-state index < -0.39 is 12.1 Å². The molecule has 1 aliphatic heterocycles. The first kappa shape index (κ1) is 24.8. The lowest BCUT2D eigenvalue weighted by molar-refractivity contribution is 0.0536. The van der Waals surface area contributed by atoms with Gasteiger partial charge in [-0.2, -0.15) is 20.0 Å². The van der Waals surface area contributed by atoms with Gasteiger partial charge in [0.05, 0.1) is 46.4 Å². The van der Waals surface area contributed by atoms with E-state index in [0.717, 1.165) is 0 Å². The standard InChI is InChI=1S/C22H23ClN10O3/c1-4-26-19-20-27-9-13(8-25)33(20)30-21(29-19)28-14-5-12(7-24)6-15(18(14)23)32-10-16(17(11-32)36-3)31(2)22(34)35/h5-6,9,16-17H,4,10-11H2,1-3H3,(H,34,35)(H2,26,28,29,30)/t16-,17+/m0/s1. The van der Waals surface area contributed by atoms with Gasteiger partial charge in [-0.05, 0) is 19.1 Å². The fourth-order valence-corrected chi connectivity index (χ4v) is 4.39. The molecule has 3 N–H and O–H groups in total. The molecule has 0 saturated carbocycles. The number of imidazole rings is 1. The molecule has 1 saturated heterocycles. The monoisotopic (exact) mass is 510 g/mol. The molecule has 13 nitrogen and oxygen atoms in total. The van der Waals surface area contributed by atoms with Crippen molar-refractivity contribution >= 4 is 46.5 Å². The summed E-state index contributed by atoms with van der Waals surface area (Å²) < 4.78 is 6.90. The van der Waals surface area contributed by atoms with Crippen molar-refractivity contribution in [2.24, 2.45) is 0 Å². The topological polar surface area (TPSA) is 168 Å². The predicted octanol–water partition coefficient (Wildman–Crippen LogP) is 2.51. The smallest absolute Gasteiger partial charge is 0.407 e. The molecule has 2 aromatic heterocycles. The van der Waals surface area contributed by atoms with Crippen LogP contribution >= 0.6 is 11.6 Å². The zero-order valence-corrected chi connectivity index (χ0v) is 20.5. The van der Waals surface area contributed by atoms with E-state index in [-0.39, 0.29) is 17.7 Å². The summed E-state index contributed by atoms with van der Waals surface area (Å²) in [4.78, 5) is 23.3. The van der Waals surface area contributed by atoms with Crippen LogP contribution in [-0.2, 0) is 4.74 Å². The number of carbonyl (C=O) groups is 1. The van der Waals surface area contributed by atoms with Crippen molar-refractivity contribution < 1.29 is 14.6 Å². The van der Waals surface area contributed by atoms with Gasteiger partial charge in [-0.3, -0.25) is 0 Å². The first-order valence-corrected chi connectivity index (χ1v) is 11.3. The number of nitrogens with zero attached hydrogens (tertiary/aromatic N) is 8. The fraction of sp³-hybridized carbons (Fsp3) is 0.364. The van der Waals surface area contributed by atoms with Crippen molar-refractivity contribution in [1.82, 2.24) is 24.5 Å². The number of ether oxygens (including phenoxy) is 1. The van der Waals surface area contributed by atoms with E-state index in [9.17, 15) is 20.4 Å². The van der Waals surface area contributed by atoms with Gasteiger partial charge in [0.1, 0.15) is 6.07 Å². The van der Waals surface area contributed by atoms with Crippen molar-refractivity contribution in [3.63, 3.8) is 0 Å². The number of anilines is 4.